The number of benzene rings is 1. The molecule has 1 aromatic carbocycles. The molecule has 0 spiro atoms. The van der Waals surface area contributed by atoms with E-state index in [0.717, 1.165) is 0 Å². The van der Waals surface area contributed by atoms with E-state index in [9.17, 15) is 0 Å². The van der Waals surface area contributed by atoms with E-state index in [2.05, 4.69) is 0 Å². The molecule has 1 heteroatoms. The third-order valence-electron chi connectivity index (χ3n) is 5.11. The van der Waals surface area contributed by atoms with Crippen LogP contribution >= 0.6 is 0 Å². The quantitative estimate of drug-likeness (QED) is 0.475. The first-order chi connectivity index (χ1) is 13.3. The number of hydrogen-bond donors (Lipinski definition) is 1. The van der Waals surface area contributed by atoms with Crippen LogP contribution in [0.25, 0.3) is 0 Å². The molecule has 4 atom stereocenters. The fraction of sp³-hybridized carbons (Fsp3) is 0.769. The predicted molar refractivity (Wildman–Crippen MR) is 127 cm³/mol. The largest absolute Gasteiger partial charge is 0.508 e. The van der Waals surface area contributed by atoms with E-state index in [1.165, 1.54) is 23.7 Å². The molecule has 1 N–H and O–H groups in total. The Kier molecular flexibility index (Phi) is 26.3. The van der Waals surface area contributed by atoms with Crippen LogP contribution in [0.15, 0.2) is 30.3 Å². The fourth-order valence-electron chi connectivity index (χ4n) is 4.45. The standard InChI is InChI=1S/C10H16.C6H6O.5C2H6/c1-2-9-7-4-5-8(6-7)10(9)3-1;7-6-4-2-1-3-5-6;5*1-2/h7-10H,1-6H2;1-5,7H;5*1-2H3. The van der Waals surface area contributed by atoms with Crippen molar-refractivity contribution in [3.63, 3.8) is 0 Å². The molecular weight excluding hydrogens is 328 g/mol. The highest BCUT2D eigenvalue weighted by molar-refractivity contribution is 5.18. The van der Waals surface area contributed by atoms with Gasteiger partial charge in [0.25, 0.3) is 0 Å². The molecule has 3 aliphatic carbocycles. The average molecular weight is 381 g/mol. The van der Waals surface area contributed by atoms with Crippen LogP contribution in [0.3, 0.4) is 0 Å². The minimum atomic E-state index is 0.322. The van der Waals surface area contributed by atoms with Crippen LogP contribution in [0.4, 0.5) is 0 Å². The van der Waals surface area contributed by atoms with Crippen molar-refractivity contribution in [3.8, 4) is 5.75 Å². The Bertz CT molecular complexity index is 344. The van der Waals surface area contributed by atoms with Gasteiger partial charge in [-0.3, -0.25) is 0 Å². The first kappa shape index (κ1) is 30.7. The predicted octanol–water partition coefficient (Wildman–Crippen LogP) is 9.36. The summed E-state index contributed by atoms with van der Waals surface area (Å²) in [5.74, 6) is 5.12. The van der Waals surface area contributed by atoms with Gasteiger partial charge in [0.15, 0.2) is 0 Å². The molecule has 3 saturated carbocycles. The van der Waals surface area contributed by atoms with E-state index < -0.39 is 0 Å². The monoisotopic (exact) mass is 380 g/mol. The lowest BCUT2D eigenvalue weighted by Crippen LogP contribution is -2.15. The normalized spacial score (nSPS) is 24.7. The molecule has 1 aromatic rings. The number of hydrogen-bond acceptors (Lipinski definition) is 1. The van der Waals surface area contributed by atoms with Crippen LogP contribution in [0.1, 0.15) is 108 Å². The van der Waals surface area contributed by atoms with Crippen molar-refractivity contribution in [2.75, 3.05) is 0 Å². The van der Waals surface area contributed by atoms with Gasteiger partial charge < -0.3 is 5.11 Å². The van der Waals surface area contributed by atoms with E-state index in [0.29, 0.717) is 5.75 Å². The maximum atomic E-state index is 8.63. The topological polar surface area (TPSA) is 20.2 Å². The van der Waals surface area contributed by atoms with Gasteiger partial charge in [0.1, 0.15) is 5.75 Å². The maximum Gasteiger partial charge on any atom is 0.115 e. The number of phenols is 1. The summed E-state index contributed by atoms with van der Waals surface area (Å²) in [6.45, 7) is 20.0. The van der Waals surface area contributed by atoms with Gasteiger partial charge in [-0.2, -0.15) is 0 Å². The Hall–Kier alpha value is -0.980. The van der Waals surface area contributed by atoms with Gasteiger partial charge in [-0.05, 0) is 67.9 Å². The van der Waals surface area contributed by atoms with Crippen LogP contribution < -0.4 is 0 Å². The zero-order valence-corrected chi connectivity index (χ0v) is 20.4. The van der Waals surface area contributed by atoms with E-state index in [1.807, 2.05) is 75.3 Å². The van der Waals surface area contributed by atoms with E-state index >= 15 is 0 Å². The summed E-state index contributed by atoms with van der Waals surface area (Å²) < 4.78 is 0. The number of para-hydroxylation sites is 1. The molecule has 2 bridgehead atoms. The number of rotatable bonds is 0. The van der Waals surface area contributed by atoms with Crippen molar-refractivity contribution >= 4 is 0 Å². The molecule has 162 valence electrons. The second kappa shape index (κ2) is 23.1. The van der Waals surface area contributed by atoms with E-state index in [4.69, 9.17) is 5.11 Å². The lowest BCUT2D eigenvalue weighted by Gasteiger charge is -2.23. The van der Waals surface area contributed by atoms with Crippen LogP contribution in [-0.4, -0.2) is 5.11 Å². The van der Waals surface area contributed by atoms with Gasteiger partial charge in [-0.15, -0.1) is 0 Å². The summed E-state index contributed by atoms with van der Waals surface area (Å²) in [6.07, 6.45) is 9.53. The van der Waals surface area contributed by atoms with Gasteiger partial charge in [0.2, 0.25) is 0 Å². The summed E-state index contributed by atoms with van der Waals surface area (Å²) in [5, 5.41) is 8.63. The first-order valence-corrected chi connectivity index (χ1v) is 12.1. The van der Waals surface area contributed by atoms with Gasteiger partial charge >= 0.3 is 0 Å². The zero-order valence-electron chi connectivity index (χ0n) is 20.4. The molecule has 0 amide bonds. The molecular formula is C26H52O. The number of phenolic OH excluding ortho intramolecular Hbond substituents is 1. The van der Waals surface area contributed by atoms with Crippen molar-refractivity contribution in [2.45, 2.75) is 108 Å². The Morgan fingerprint density at radius 1 is 0.593 bits per heavy atom. The molecule has 0 aromatic heterocycles. The maximum absolute atomic E-state index is 8.63. The second-order valence-corrected chi connectivity index (χ2v) is 5.93. The Morgan fingerprint density at radius 2 is 0.963 bits per heavy atom. The van der Waals surface area contributed by atoms with Crippen LogP contribution in [-0.2, 0) is 0 Å². The molecule has 0 heterocycles. The smallest absolute Gasteiger partial charge is 0.115 e. The third-order valence-corrected chi connectivity index (χ3v) is 5.11. The summed E-state index contributed by atoms with van der Waals surface area (Å²) in [4.78, 5) is 0. The van der Waals surface area contributed by atoms with Crippen molar-refractivity contribution in [3.05, 3.63) is 30.3 Å². The fourth-order valence-corrected chi connectivity index (χ4v) is 4.45. The summed E-state index contributed by atoms with van der Waals surface area (Å²) in [5.41, 5.74) is 0. The number of fused-ring (bicyclic) bond motifs is 5. The van der Waals surface area contributed by atoms with Crippen LogP contribution in [0.2, 0.25) is 0 Å². The van der Waals surface area contributed by atoms with Crippen molar-refractivity contribution < 1.29 is 5.11 Å². The highest BCUT2D eigenvalue weighted by atomic mass is 16.3. The number of aromatic hydroxyl groups is 1. The van der Waals surface area contributed by atoms with Crippen molar-refractivity contribution in [2.24, 2.45) is 23.7 Å². The summed E-state index contributed by atoms with van der Waals surface area (Å²) in [7, 11) is 0. The van der Waals surface area contributed by atoms with E-state index in [-0.39, 0.29) is 0 Å². The molecule has 1 nitrogen and oxygen atoms in total. The molecule has 0 aliphatic heterocycles. The van der Waals surface area contributed by atoms with E-state index in [1.54, 1.807) is 62.8 Å². The molecule has 0 radical (unpaired) electrons. The van der Waals surface area contributed by atoms with Gasteiger partial charge in [-0.25, -0.2) is 0 Å². The van der Waals surface area contributed by atoms with Crippen LogP contribution in [0.5, 0.6) is 5.75 Å². The van der Waals surface area contributed by atoms with Crippen molar-refractivity contribution in [1.82, 2.24) is 0 Å². The highest BCUT2D eigenvalue weighted by Gasteiger charge is 2.48. The molecule has 3 fully saturated rings. The van der Waals surface area contributed by atoms with Crippen molar-refractivity contribution in [1.29, 1.82) is 0 Å². The van der Waals surface area contributed by atoms with Gasteiger partial charge in [0.05, 0.1) is 0 Å². The minimum Gasteiger partial charge on any atom is -0.508 e. The Labute approximate surface area is 173 Å². The zero-order chi connectivity index (χ0) is 21.7. The molecule has 3 aliphatic rings. The first-order valence-electron chi connectivity index (χ1n) is 12.1. The lowest BCUT2D eigenvalue weighted by molar-refractivity contribution is 0.259. The minimum absolute atomic E-state index is 0.322. The van der Waals surface area contributed by atoms with Gasteiger partial charge in [0, 0.05) is 0 Å². The molecule has 0 saturated heterocycles. The average Bonchev–Trinajstić information content (AvgIpc) is 3.52. The Morgan fingerprint density at radius 3 is 1.26 bits per heavy atom. The highest BCUT2D eigenvalue weighted by Crippen LogP contribution is 2.58. The lowest BCUT2D eigenvalue weighted by atomic mass is 9.82. The van der Waals surface area contributed by atoms with Gasteiger partial charge in [-0.1, -0.05) is 93.9 Å². The Balaban J connectivity index is -0.000000301. The SMILES string of the molecule is C1CC2C3CCC(C3)C2C1.CC.CC.CC.CC.CC.Oc1ccccc1. The molecule has 4 unspecified atom stereocenters. The van der Waals surface area contributed by atoms with Crippen LogP contribution in [0, 0.1) is 23.7 Å². The molecule has 27 heavy (non-hydrogen) atoms. The second-order valence-electron chi connectivity index (χ2n) is 5.93. The third kappa shape index (κ3) is 11.5. The summed E-state index contributed by atoms with van der Waals surface area (Å²) in [6, 6.07) is 8.71. The summed E-state index contributed by atoms with van der Waals surface area (Å²) >= 11 is 0. The molecule has 4 rings (SSSR count).